The van der Waals surface area contributed by atoms with Gasteiger partial charge in [0.15, 0.2) is 6.10 Å². The number of esters is 2. The van der Waals surface area contributed by atoms with Crippen molar-refractivity contribution >= 4 is 19.8 Å². The first-order chi connectivity index (χ1) is 42.0. The zero-order valence-electron chi connectivity index (χ0n) is 57.0. The van der Waals surface area contributed by atoms with Crippen molar-refractivity contribution in [3.8, 4) is 0 Å². The molecular weight excluding hydrogens is 1090 g/mol. The molecule has 0 rings (SSSR count). The minimum atomic E-state index is -4.64. The molecule has 2 unspecified atom stereocenters. The van der Waals surface area contributed by atoms with E-state index < -0.39 is 26.5 Å². The number of phosphoric acid groups is 1. The van der Waals surface area contributed by atoms with Crippen LogP contribution in [0.2, 0.25) is 0 Å². The van der Waals surface area contributed by atoms with Crippen LogP contribution in [0.1, 0.15) is 335 Å². The number of allylic oxidation sites excluding steroid dienone is 14. The first-order valence-corrected chi connectivity index (χ1v) is 37.8. The molecule has 0 spiro atoms. The minimum absolute atomic E-state index is 0.0301. The van der Waals surface area contributed by atoms with Crippen molar-refractivity contribution in [2.24, 2.45) is 0 Å². The highest BCUT2D eigenvalue weighted by Crippen LogP contribution is 2.38. The molecule has 2 atom stereocenters. The molecule has 0 aromatic rings. The lowest BCUT2D eigenvalue weighted by Gasteiger charge is -2.28. The highest BCUT2D eigenvalue weighted by atomic mass is 31.2. The molecule has 0 aromatic heterocycles. The summed E-state index contributed by atoms with van der Waals surface area (Å²) in [6, 6.07) is 0. The maximum atomic E-state index is 12.9. The Kier molecular flexibility index (Phi) is 64.4. The summed E-state index contributed by atoms with van der Waals surface area (Å²) in [6.07, 6.45) is 91.0. The smallest absolute Gasteiger partial charge is 0.306 e. The average molecular weight is 1220 g/mol. The molecule has 0 saturated carbocycles. The van der Waals surface area contributed by atoms with Crippen molar-refractivity contribution < 1.29 is 42.1 Å². The Hall–Kier alpha value is -2.81. The summed E-state index contributed by atoms with van der Waals surface area (Å²) in [4.78, 5) is 38.1. The van der Waals surface area contributed by atoms with E-state index in [1.165, 1.54) is 218 Å². The molecule has 0 aromatic carbocycles. The number of rotatable bonds is 67. The van der Waals surface area contributed by atoms with Crippen LogP contribution in [0.15, 0.2) is 85.1 Å². The van der Waals surface area contributed by atoms with Crippen LogP contribution in [0.4, 0.5) is 0 Å². The summed E-state index contributed by atoms with van der Waals surface area (Å²) in [5, 5.41) is 0. The average Bonchev–Trinajstić information content (AvgIpc) is 3.56. The predicted octanol–water partition coefficient (Wildman–Crippen LogP) is 23.1. The van der Waals surface area contributed by atoms with E-state index in [1.807, 2.05) is 21.1 Å². The molecular formula is C76H138NO8P. The van der Waals surface area contributed by atoms with Gasteiger partial charge in [0.1, 0.15) is 19.8 Å². The van der Waals surface area contributed by atoms with Gasteiger partial charge in [-0.3, -0.25) is 14.2 Å². The summed E-state index contributed by atoms with van der Waals surface area (Å²) in [7, 11) is 1.18. The fourth-order valence-corrected chi connectivity index (χ4v) is 11.1. The van der Waals surface area contributed by atoms with Gasteiger partial charge in [0.2, 0.25) is 0 Å². The number of hydrogen-bond acceptors (Lipinski definition) is 8. The molecule has 10 heteroatoms. The van der Waals surface area contributed by atoms with Gasteiger partial charge in [-0.05, 0) is 70.6 Å². The van der Waals surface area contributed by atoms with Crippen LogP contribution in [-0.4, -0.2) is 70.0 Å². The fraction of sp³-hybridized carbons (Fsp3) is 0.789. The van der Waals surface area contributed by atoms with E-state index in [0.717, 1.165) is 83.5 Å². The number of unbranched alkanes of at least 4 members (excludes halogenated alkanes) is 39. The Morgan fingerprint density at radius 3 is 0.988 bits per heavy atom. The highest BCUT2D eigenvalue weighted by Gasteiger charge is 2.22. The Morgan fingerprint density at radius 2 is 0.663 bits per heavy atom. The molecule has 9 nitrogen and oxygen atoms in total. The molecule has 86 heavy (non-hydrogen) atoms. The number of nitrogens with zero attached hydrogens (tertiary/aromatic N) is 1. The lowest BCUT2D eigenvalue weighted by atomic mass is 10.0. The van der Waals surface area contributed by atoms with E-state index in [-0.39, 0.29) is 32.0 Å². The Balaban J connectivity index is 3.98. The third kappa shape index (κ3) is 70.3. The van der Waals surface area contributed by atoms with Crippen molar-refractivity contribution in [1.29, 1.82) is 0 Å². The maximum absolute atomic E-state index is 12.9. The van der Waals surface area contributed by atoms with E-state index in [2.05, 4.69) is 98.9 Å². The molecule has 500 valence electrons. The van der Waals surface area contributed by atoms with Gasteiger partial charge < -0.3 is 27.9 Å². The first-order valence-electron chi connectivity index (χ1n) is 36.3. The molecule has 0 N–H and O–H groups in total. The largest absolute Gasteiger partial charge is 0.756 e. The van der Waals surface area contributed by atoms with Crippen molar-refractivity contribution in [3.63, 3.8) is 0 Å². The van der Waals surface area contributed by atoms with Crippen LogP contribution in [0, 0.1) is 0 Å². The van der Waals surface area contributed by atoms with Gasteiger partial charge in [-0.15, -0.1) is 0 Å². The van der Waals surface area contributed by atoms with Crippen molar-refractivity contribution in [1.82, 2.24) is 0 Å². The second kappa shape index (κ2) is 66.6. The summed E-state index contributed by atoms with van der Waals surface area (Å²) < 4.78 is 34.3. The Bertz CT molecular complexity index is 1730. The maximum Gasteiger partial charge on any atom is 0.306 e. The monoisotopic (exact) mass is 1220 g/mol. The molecule has 0 radical (unpaired) electrons. The van der Waals surface area contributed by atoms with Gasteiger partial charge in [-0.2, -0.15) is 0 Å². The predicted molar refractivity (Wildman–Crippen MR) is 369 cm³/mol. The van der Waals surface area contributed by atoms with Crippen LogP contribution in [0.25, 0.3) is 0 Å². The number of likely N-dealkylation sites (N-methyl/N-ethyl adjacent to an activating group) is 1. The summed E-state index contributed by atoms with van der Waals surface area (Å²) >= 11 is 0. The minimum Gasteiger partial charge on any atom is -0.756 e. The zero-order valence-corrected chi connectivity index (χ0v) is 57.9. The quantitative estimate of drug-likeness (QED) is 0.0195. The molecule has 0 aliphatic rings. The number of quaternary nitrogens is 1. The third-order valence-corrected chi connectivity index (χ3v) is 16.9. The number of phosphoric ester groups is 1. The van der Waals surface area contributed by atoms with Crippen molar-refractivity contribution in [2.75, 3.05) is 47.5 Å². The first kappa shape index (κ1) is 83.2. The Labute approximate surface area is 532 Å². The van der Waals surface area contributed by atoms with Crippen LogP contribution in [0.5, 0.6) is 0 Å². The fourth-order valence-electron chi connectivity index (χ4n) is 10.4. The number of ether oxygens (including phenoxy) is 2. The van der Waals surface area contributed by atoms with E-state index in [4.69, 9.17) is 18.5 Å². The van der Waals surface area contributed by atoms with Crippen molar-refractivity contribution in [3.05, 3.63) is 85.1 Å². The second-order valence-electron chi connectivity index (χ2n) is 25.6. The van der Waals surface area contributed by atoms with E-state index >= 15 is 0 Å². The van der Waals surface area contributed by atoms with E-state index in [9.17, 15) is 19.0 Å². The number of hydrogen-bond donors (Lipinski definition) is 0. The number of carbonyl (C=O) groups is 2. The summed E-state index contributed by atoms with van der Waals surface area (Å²) in [6.45, 7) is 4.18. The van der Waals surface area contributed by atoms with Crippen LogP contribution in [-0.2, 0) is 32.7 Å². The van der Waals surface area contributed by atoms with Crippen LogP contribution >= 0.6 is 7.82 Å². The number of carbonyl (C=O) groups excluding carboxylic acids is 2. The SMILES string of the molecule is CC/C=C\C/C=C\C/C=C\C/C=C\C/C=C\C/C=C\C/C=C\CCCCCCCCCCCCCCCCCCCC(=O)OC(COC(=O)CCCCCCCCCCCCCCCCCCCCCCCCC)COP(=O)([O-])OCC[N+](C)(C)C. The molecule has 0 amide bonds. The molecule has 0 aliphatic heterocycles. The summed E-state index contributed by atoms with van der Waals surface area (Å²) in [5.41, 5.74) is 0. The molecule has 0 fully saturated rings. The second-order valence-corrected chi connectivity index (χ2v) is 27.0. The molecule has 0 saturated heterocycles. The molecule has 0 heterocycles. The Morgan fingerprint density at radius 1 is 0.372 bits per heavy atom. The molecule has 0 bridgehead atoms. The van der Waals surface area contributed by atoms with Gasteiger partial charge in [0.05, 0.1) is 27.7 Å². The van der Waals surface area contributed by atoms with Crippen LogP contribution in [0.3, 0.4) is 0 Å². The molecule has 0 aliphatic carbocycles. The standard InChI is InChI=1S/C76H138NO8P/c1-6-8-10-12-14-16-18-20-22-24-26-28-30-31-32-33-34-35-36-37-38-39-40-41-42-43-44-45-47-49-51-53-55-57-59-61-63-65-67-69-76(79)85-74(73-84-86(80,81)83-71-70-77(3,4)5)72-82-75(78)68-66-64-62-60-58-56-54-52-50-48-46-29-27-25-23-21-19-17-15-13-11-9-7-2/h8,10,14,16,20,22,26,28,31-32,34-35,37-38,74H,6-7,9,11-13,15,17-19,21,23-25,27,29-30,33,36,39-73H2,1-5H3/b10-8-,16-14-,22-20-,28-26-,32-31-,35-34-,38-37-. The normalized spacial score (nSPS) is 13.6. The van der Waals surface area contributed by atoms with Crippen LogP contribution < -0.4 is 4.89 Å². The van der Waals surface area contributed by atoms with E-state index in [1.54, 1.807) is 0 Å². The highest BCUT2D eigenvalue weighted by molar-refractivity contribution is 7.45. The van der Waals surface area contributed by atoms with Gasteiger partial charge in [-0.25, -0.2) is 0 Å². The lowest BCUT2D eigenvalue weighted by molar-refractivity contribution is -0.870. The lowest BCUT2D eigenvalue weighted by Crippen LogP contribution is -2.37. The third-order valence-electron chi connectivity index (χ3n) is 15.9. The van der Waals surface area contributed by atoms with Gasteiger partial charge in [0.25, 0.3) is 7.82 Å². The van der Waals surface area contributed by atoms with Gasteiger partial charge in [0, 0.05) is 12.8 Å². The topological polar surface area (TPSA) is 111 Å². The summed E-state index contributed by atoms with van der Waals surface area (Å²) in [5.74, 6) is -0.817. The zero-order chi connectivity index (χ0) is 62.6. The van der Waals surface area contributed by atoms with Crippen molar-refractivity contribution in [2.45, 2.75) is 341 Å². The van der Waals surface area contributed by atoms with Gasteiger partial charge in [-0.1, -0.05) is 336 Å². The van der Waals surface area contributed by atoms with Gasteiger partial charge >= 0.3 is 11.9 Å². The van der Waals surface area contributed by atoms with E-state index in [0.29, 0.717) is 17.4 Å².